The van der Waals surface area contributed by atoms with Crippen LogP contribution in [0.1, 0.15) is 42.8 Å². The molecule has 0 amide bonds. The highest BCUT2D eigenvalue weighted by Gasteiger charge is 2.20. The predicted molar refractivity (Wildman–Crippen MR) is 94.5 cm³/mol. The summed E-state index contributed by atoms with van der Waals surface area (Å²) in [6.07, 6.45) is 0.172. The second-order valence-electron chi connectivity index (χ2n) is 5.30. The molecule has 1 aromatic carbocycles. The zero-order valence-corrected chi connectivity index (χ0v) is 15.3. The molecule has 2 aromatic rings. The van der Waals surface area contributed by atoms with Gasteiger partial charge in [0.05, 0.1) is 15.9 Å². The van der Waals surface area contributed by atoms with Crippen LogP contribution in [0.15, 0.2) is 34.1 Å². The van der Waals surface area contributed by atoms with Crippen molar-refractivity contribution in [3.63, 3.8) is 0 Å². The summed E-state index contributed by atoms with van der Waals surface area (Å²) in [5.74, 6) is 0.959. The van der Waals surface area contributed by atoms with Gasteiger partial charge in [0.15, 0.2) is 0 Å². The van der Waals surface area contributed by atoms with Crippen LogP contribution >= 0.6 is 27.3 Å². The lowest BCUT2D eigenvalue weighted by Gasteiger charge is -2.21. The maximum atomic E-state index is 5.98. The van der Waals surface area contributed by atoms with E-state index in [0.29, 0.717) is 0 Å². The number of halogens is 1. The summed E-state index contributed by atoms with van der Waals surface area (Å²) in [6.45, 7) is 9.29. The van der Waals surface area contributed by atoms with Gasteiger partial charge in [-0.2, -0.15) is 0 Å². The van der Waals surface area contributed by atoms with Crippen LogP contribution in [0, 0.1) is 6.92 Å². The molecule has 0 aliphatic heterocycles. The average molecular weight is 368 g/mol. The van der Waals surface area contributed by atoms with Gasteiger partial charge in [0.1, 0.15) is 5.75 Å². The summed E-state index contributed by atoms with van der Waals surface area (Å²) >= 11 is 5.41. The van der Waals surface area contributed by atoms with E-state index >= 15 is 0 Å². The molecule has 1 atom stereocenters. The maximum absolute atomic E-state index is 5.98. The Morgan fingerprint density at radius 3 is 2.57 bits per heavy atom. The van der Waals surface area contributed by atoms with E-state index in [1.807, 2.05) is 6.07 Å². The van der Waals surface area contributed by atoms with Crippen LogP contribution in [-0.4, -0.2) is 12.6 Å². The van der Waals surface area contributed by atoms with E-state index in [-0.39, 0.29) is 12.1 Å². The van der Waals surface area contributed by atoms with Gasteiger partial charge in [-0.15, -0.1) is 11.3 Å². The molecule has 2 rings (SSSR count). The Morgan fingerprint density at radius 1 is 1.29 bits per heavy atom. The van der Waals surface area contributed by atoms with Gasteiger partial charge in [-0.3, -0.25) is 0 Å². The monoisotopic (exact) mass is 367 g/mol. The van der Waals surface area contributed by atoms with E-state index in [0.717, 1.165) is 12.3 Å². The van der Waals surface area contributed by atoms with E-state index < -0.39 is 0 Å². The maximum Gasteiger partial charge on any atom is 0.124 e. The highest BCUT2D eigenvalue weighted by molar-refractivity contribution is 9.11. The third-order valence-electron chi connectivity index (χ3n) is 3.16. The first kappa shape index (κ1) is 16.5. The summed E-state index contributed by atoms with van der Waals surface area (Å²) < 4.78 is 7.18. The fourth-order valence-corrected chi connectivity index (χ4v) is 3.94. The van der Waals surface area contributed by atoms with Gasteiger partial charge < -0.3 is 10.1 Å². The molecule has 0 aliphatic rings. The zero-order valence-electron chi connectivity index (χ0n) is 12.9. The Kier molecular flexibility index (Phi) is 5.85. The molecule has 2 nitrogen and oxygen atoms in total. The second kappa shape index (κ2) is 7.43. The standard InChI is InChI=1S/C17H22BrNOS/c1-5-19-16(15-10-12(4)17(18)21-15)13-8-6-7-9-14(13)20-11(2)3/h6-11,16,19H,5H2,1-4H3. The van der Waals surface area contributed by atoms with Crippen molar-refractivity contribution >= 4 is 27.3 Å². The first-order valence-electron chi connectivity index (χ1n) is 7.27. The van der Waals surface area contributed by atoms with Gasteiger partial charge in [-0.05, 0) is 60.9 Å². The minimum Gasteiger partial charge on any atom is -0.491 e. The molecule has 21 heavy (non-hydrogen) atoms. The molecule has 1 heterocycles. The van der Waals surface area contributed by atoms with Crippen LogP contribution in [-0.2, 0) is 0 Å². The van der Waals surface area contributed by atoms with Crippen molar-refractivity contribution in [3.8, 4) is 5.75 Å². The Morgan fingerprint density at radius 2 is 2.00 bits per heavy atom. The van der Waals surface area contributed by atoms with E-state index in [1.54, 1.807) is 11.3 Å². The second-order valence-corrected chi connectivity index (χ2v) is 7.70. The molecule has 0 bridgehead atoms. The molecule has 0 saturated carbocycles. The quantitative estimate of drug-likeness (QED) is 0.747. The SMILES string of the molecule is CCNC(c1cc(C)c(Br)s1)c1ccccc1OC(C)C. The number of aryl methyl sites for hydroxylation is 1. The fraction of sp³-hybridized carbons (Fsp3) is 0.412. The number of nitrogens with one attached hydrogen (secondary N) is 1. The number of benzene rings is 1. The molecular weight excluding hydrogens is 346 g/mol. The van der Waals surface area contributed by atoms with Crippen molar-refractivity contribution in [1.29, 1.82) is 0 Å². The molecule has 0 spiro atoms. The molecule has 1 N–H and O–H groups in total. The van der Waals surface area contributed by atoms with Crippen molar-refractivity contribution in [2.45, 2.75) is 39.8 Å². The van der Waals surface area contributed by atoms with Crippen molar-refractivity contribution in [3.05, 3.63) is 50.1 Å². The molecule has 114 valence electrons. The number of para-hydroxylation sites is 1. The summed E-state index contributed by atoms with van der Waals surface area (Å²) in [5.41, 5.74) is 2.47. The Labute approximate surface area is 139 Å². The number of hydrogen-bond donors (Lipinski definition) is 1. The third kappa shape index (κ3) is 4.09. The Bertz CT molecular complexity index is 575. The summed E-state index contributed by atoms with van der Waals surface area (Å²) in [5, 5.41) is 3.58. The van der Waals surface area contributed by atoms with Gasteiger partial charge in [0.25, 0.3) is 0 Å². The molecule has 1 unspecified atom stereocenters. The lowest BCUT2D eigenvalue weighted by atomic mass is 10.0. The topological polar surface area (TPSA) is 21.3 Å². The molecule has 4 heteroatoms. The van der Waals surface area contributed by atoms with Crippen LogP contribution in [0.4, 0.5) is 0 Å². The van der Waals surface area contributed by atoms with Crippen molar-refractivity contribution < 1.29 is 4.74 Å². The summed E-state index contributed by atoms with van der Waals surface area (Å²) in [6, 6.07) is 10.7. The molecule has 0 radical (unpaired) electrons. The Hall–Kier alpha value is -0.840. The van der Waals surface area contributed by atoms with Crippen LogP contribution in [0.25, 0.3) is 0 Å². The minimum absolute atomic E-state index is 0.167. The number of hydrogen-bond acceptors (Lipinski definition) is 3. The predicted octanol–water partition coefficient (Wildman–Crippen LogP) is 5.31. The van der Waals surface area contributed by atoms with E-state index in [4.69, 9.17) is 4.74 Å². The van der Waals surface area contributed by atoms with Crippen molar-refractivity contribution in [1.82, 2.24) is 5.32 Å². The number of ether oxygens (including phenoxy) is 1. The minimum atomic E-state index is 0.167. The highest BCUT2D eigenvalue weighted by Crippen LogP contribution is 2.37. The van der Waals surface area contributed by atoms with Crippen LogP contribution in [0.5, 0.6) is 5.75 Å². The van der Waals surface area contributed by atoms with Crippen LogP contribution in [0.3, 0.4) is 0 Å². The van der Waals surface area contributed by atoms with Crippen LogP contribution < -0.4 is 10.1 Å². The zero-order chi connectivity index (χ0) is 15.4. The number of rotatable bonds is 6. The largest absolute Gasteiger partial charge is 0.491 e. The fourth-order valence-electron chi connectivity index (χ4n) is 2.27. The molecule has 1 aromatic heterocycles. The molecular formula is C17H22BrNOS. The molecule has 0 aliphatic carbocycles. The van der Waals surface area contributed by atoms with Crippen LogP contribution in [0.2, 0.25) is 0 Å². The van der Waals surface area contributed by atoms with Gasteiger partial charge in [-0.1, -0.05) is 25.1 Å². The van der Waals surface area contributed by atoms with Gasteiger partial charge >= 0.3 is 0 Å². The first-order chi connectivity index (χ1) is 10.0. The Balaban J connectivity index is 2.42. The lowest BCUT2D eigenvalue weighted by molar-refractivity contribution is 0.238. The van der Waals surface area contributed by atoms with Crippen molar-refractivity contribution in [2.24, 2.45) is 0 Å². The first-order valence-corrected chi connectivity index (χ1v) is 8.88. The smallest absolute Gasteiger partial charge is 0.124 e. The van der Waals surface area contributed by atoms with E-state index in [2.05, 4.69) is 73.2 Å². The van der Waals surface area contributed by atoms with Gasteiger partial charge in [-0.25, -0.2) is 0 Å². The highest BCUT2D eigenvalue weighted by atomic mass is 79.9. The molecule has 0 fully saturated rings. The number of thiophene rings is 1. The van der Waals surface area contributed by atoms with E-state index in [1.165, 1.54) is 19.8 Å². The summed E-state index contributed by atoms with van der Waals surface area (Å²) in [7, 11) is 0. The normalized spacial score (nSPS) is 12.7. The van der Waals surface area contributed by atoms with Gasteiger partial charge in [0.2, 0.25) is 0 Å². The summed E-state index contributed by atoms with van der Waals surface area (Å²) in [4.78, 5) is 1.31. The average Bonchev–Trinajstić information content (AvgIpc) is 2.76. The van der Waals surface area contributed by atoms with Crippen molar-refractivity contribution in [2.75, 3.05) is 6.54 Å². The third-order valence-corrected chi connectivity index (χ3v) is 5.36. The van der Waals surface area contributed by atoms with E-state index in [9.17, 15) is 0 Å². The lowest BCUT2D eigenvalue weighted by Crippen LogP contribution is -2.22. The van der Waals surface area contributed by atoms with Gasteiger partial charge in [0, 0.05) is 10.4 Å². The molecule has 0 saturated heterocycles.